The van der Waals surface area contributed by atoms with Crippen LogP contribution in [0.15, 0.2) is 42.5 Å². The highest BCUT2D eigenvalue weighted by molar-refractivity contribution is 5.92. The molecule has 2 aromatic rings. The molecule has 0 radical (unpaired) electrons. The zero-order chi connectivity index (χ0) is 27.8. The van der Waals surface area contributed by atoms with Crippen molar-refractivity contribution in [2.45, 2.75) is 62.6 Å². The fourth-order valence-corrected chi connectivity index (χ4v) is 6.87. The Kier molecular flexibility index (Phi) is 7.71. The number of hydrogen-bond donors (Lipinski definition) is 2. The molecule has 2 aromatic carbocycles. The Balaban J connectivity index is 1.29. The van der Waals surface area contributed by atoms with Crippen LogP contribution in [0.3, 0.4) is 0 Å². The third-order valence-corrected chi connectivity index (χ3v) is 9.03. The average Bonchev–Trinajstić information content (AvgIpc) is 3.51. The van der Waals surface area contributed by atoms with Crippen LogP contribution in [0, 0.1) is 34.9 Å². The number of carbonyl (C=O) groups excluding carboxylic acids is 1. The number of benzene rings is 2. The summed E-state index contributed by atoms with van der Waals surface area (Å²) in [6.07, 6.45) is 0.421. The normalized spacial score (nSPS) is 27.4. The SMILES string of the molecule is N#Cc1cccc(C23CC[C@@H](C(CCCN4CCC(O)C4)C(=O)Nc4ccc(F)c(C(F)(F)F)c4)CC2C3)c1. The van der Waals surface area contributed by atoms with Crippen LogP contribution < -0.4 is 5.32 Å². The maximum Gasteiger partial charge on any atom is 0.419 e. The molecule has 0 bridgehead atoms. The van der Waals surface area contributed by atoms with Crippen molar-refractivity contribution >= 4 is 11.6 Å². The highest BCUT2D eigenvalue weighted by Crippen LogP contribution is 2.64. The van der Waals surface area contributed by atoms with E-state index >= 15 is 0 Å². The molecule has 5 atom stereocenters. The van der Waals surface area contributed by atoms with Gasteiger partial charge in [-0.2, -0.15) is 18.4 Å². The predicted molar refractivity (Wildman–Crippen MR) is 138 cm³/mol. The maximum atomic E-state index is 13.8. The van der Waals surface area contributed by atoms with Gasteiger partial charge in [0, 0.05) is 24.7 Å². The molecule has 3 fully saturated rings. The summed E-state index contributed by atoms with van der Waals surface area (Å²) in [6, 6.07) is 12.5. The van der Waals surface area contributed by atoms with Crippen LogP contribution in [-0.4, -0.2) is 41.7 Å². The number of β-amino-alcohol motifs (C(OH)–C–C–N with tert-alkyl or cyclic N) is 1. The van der Waals surface area contributed by atoms with Gasteiger partial charge in [-0.05, 0) is 105 Å². The summed E-state index contributed by atoms with van der Waals surface area (Å²) in [4.78, 5) is 15.7. The van der Waals surface area contributed by atoms with Crippen molar-refractivity contribution in [2.24, 2.45) is 17.8 Å². The number of nitrogens with zero attached hydrogens (tertiary/aromatic N) is 2. The van der Waals surface area contributed by atoms with Crippen molar-refractivity contribution < 1.29 is 27.5 Å². The maximum absolute atomic E-state index is 13.8. The number of anilines is 1. The van der Waals surface area contributed by atoms with Crippen molar-refractivity contribution in [3.05, 3.63) is 65.0 Å². The number of aliphatic hydroxyl groups is 1. The first kappa shape index (κ1) is 27.6. The lowest BCUT2D eigenvalue weighted by Gasteiger charge is -2.34. The Labute approximate surface area is 225 Å². The number of halogens is 4. The van der Waals surface area contributed by atoms with Gasteiger partial charge in [-0.15, -0.1) is 0 Å². The predicted octanol–water partition coefficient (Wildman–Crippen LogP) is 5.88. The molecule has 1 saturated heterocycles. The summed E-state index contributed by atoms with van der Waals surface area (Å²) < 4.78 is 53.5. The van der Waals surface area contributed by atoms with Gasteiger partial charge < -0.3 is 15.3 Å². The number of fused-ring (bicyclic) bond motifs is 1. The Bertz CT molecular complexity index is 1260. The second-order valence-corrected chi connectivity index (χ2v) is 11.5. The first-order valence-corrected chi connectivity index (χ1v) is 13.7. The van der Waals surface area contributed by atoms with E-state index in [4.69, 9.17) is 0 Å². The molecular weight excluding hydrogens is 510 g/mol. The number of aliphatic hydroxyl groups excluding tert-OH is 1. The second kappa shape index (κ2) is 10.9. The molecule has 5 nitrogen and oxygen atoms in total. The largest absolute Gasteiger partial charge is 0.419 e. The van der Waals surface area contributed by atoms with Crippen LogP contribution >= 0.6 is 0 Å². The van der Waals surface area contributed by atoms with Gasteiger partial charge in [0.05, 0.1) is 23.3 Å². The van der Waals surface area contributed by atoms with E-state index in [9.17, 15) is 32.7 Å². The summed E-state index contributed by atoms with van der Waals surface area (Å²) in [7, 11) is 0. The molecule has 39 heavy (non-hydrogen) atoms. The third kappa shape index (κ3) is 5.97. The number of rotatable bonds is 8. The second-order valence-electron chi connectivity index (χ2n) is 11.5. The topological polar surface area (TPSA) is 76.4 Å². The average molecular weight is 544 g/mol. The van der Waals surface area contributed by atoms with Gasteiger partial charge in [0.15, 0.2) is 0 Å². The highest BCUT2D eigenvalue weighted by atomic mass is 19.4. The lowest BCUT2D eigenvalue weighted by atomic mass is 9.72. The van der Waals surface area contributed by atoms with Crippen LogP contribution in [0.5, 0.6) is 0 Å². The zero-order valence-corrected chi connectivity index (χ0v) is 21.7. The molecule has 4 unspecified atom stereocenters. The van der Waals surface area contributed by atoms with E-state index in [1.807, 2.05) is 12.1 Å². The Morgan fingerprint density at radius 3 is 2.74 bits per heavy atom. The Morgan fingerprint density at radius 2 is 2.05 bits per heavy atom. The highest BCUT2D eigenvalue weighted by Gasteiger charge is 2.58. The van der Waals surface area contributed by atoms with Crippen LogP contribution in [0.25, 0.3) is 0 Å². The van der Waals surface area contributed by atoms with Crippen LogP contribution in [-0.2, 0) is 16.4 Å². The fraction of sp³-hybridized carbons (Fsp3) is 0.533. The van der Waals surface area contributed by atoms with Crippen molar-refractivity contribution in [1.82, 2.24) is 4.90 Å². The van der Waals surface area contributed by atoms with E-state index in [1.165, 1.54) is 11.6 Å². The van der Waals surface area contributed by atoms with E-state index in [1.54, 1.807) is 6.07 Å². The van der Waals surface area contributed by atoms with Gasteiger partial charge in [-0.1, -0.05) is 12.1 Å². The van der Waals surface area contributed by atoms with Gasteiger partial charge in [-0.3, -0.25) is 4.79 Å². The van der Waals surface area contributed by atoms with Crippen LogP contribution in [0.4, 0.5) is 23.2 Å². The summed E-state index contributed by atoms with van der Waals surface area (Å²) in [6.45, 7) is 2.17. The standard InChI is InChI=1S/C30H33F4N3O2/c31-27-7-6-23(15-26(27)30(32,33)34)36-28(39)25(5-2-11-37-12-9-24(38)18-37)20-8-10-29(16-22(29)14-20)21-4-1-3-19(13-21)17-35/h1,3-4,6-7,13,15,20,22,24-25,38H,2,5,8-12,14,16,18H2,(H,36,39)/t20-,22?,24?,25?,29?/m1/s1. The van der Waals surface area contributed by atoms with Gasteiger partial charge in [0.25, 0.3) is 0 Å². The van der Waals surface area contributed by atoms with Gasteiger partial charge in [0.1, 0.15) is 5.82 Å². The molecule has 1 aliphatic heterocycles. The lowest BCUT2D eigenvalue weighted by Crippen LogP contribution is -2.34. The van der Waals surface area contributed by atoms with Crippen molar-refractivity contribution in [3.63, 3.8) is 0 Å². The molecule has 2 N–H and O–H groups in total. The molecule has 2 saturated carbocycles. The van der Waals surface area contributed by atoms with Crippen molar-refractivity contribution in [3.8, 4) is 6.07 Å². The van der Waals surface area contributed by atoms with Gasteiger partial charge in [-0.25, -0.2) is 4.39 Å². The minimum Gasteiger partial charge on any atom is -0.392 e. The van der Waals surface area contributed by atoms with E-state index < -0.39 is 17.6 Å². The number of amides is 1. The number of nitriles is 1. The van der Waals surface area contributed by atoms with Gasteiger partial charge in [0.2, 0.25) is 5.91 Å². The van der Waals surface area contributed by atoms with Gasteiger partial charge >= 0.3 is 6.18 Å². The molecule has 208 valence electrons. The molecule has 3 aliphatic rings. The smallest absolute Gasteiger partial charge is 0.392 e. The summed E-state index contributed by atoms with van der Waals surface area (Å²) >= 11 is 0. The van der Waals surface area contributed by atoms with E-state index in [0.29, 0.717) is 30.5 Å². The molecular formula is C30H33F4N3O2. The van der Waals surface area contributed by atoms with Crippen molar-refractivity contribution in [2.75, 3.05) is 25.0 Å². The molecule has 9 heteroatoms. The number of hydrogen-bond acceptors (Lipinski definition) is 4. The Hall–Kier alpha value is -2.96. The fourth-order valence-electron chi connectivity index (χ4n) is 6.87. The van der Waals surface area contributed by atoms with E-state index in [-0.39, 0.29) is 34.9 Å². The quantitative estimate of drug-likeness (QED) is 0.408. The zero-order valence-electron chi connectivity index (χ0n) is 21.7. The molecule has 1 heterocycles. The number of likely N-dealkylation sites (tertiary alicyclic amines) is 1. The molecule has 0 spiro atoms. The van der Waals surface area contributed by atoms with Crippen molar-refractivity contribution in [1.29, 1.82) is 5.26 Å². The third-order valence-electron chi connectivity index (χ3n) is 9.03. The lowest BCUT2D eigenvalue weighted by molar-refractivity contribution is -0.140. The Morgan fingerprint density at radius 1 is 1.23 bits per heavy atom. The van der Waals surface area contributed by atoms with E-state index in [2.05, 4.69) is 22.4 Å². The first-order chi connectivity index (χ1) is 18.6. The van der Waals surface area contributed by atoms with Crippen LogP contribution in [0.2, 0.25) is 0 Å². The minimum atomic E-state index is -4.86. The van der Waals surface area contributed by atoms with Crippen LogP contribution in [0.1, 0.15) is 61.6 Å². The molecule has 0 aromatic heterocycles. The van der Waals surface area contributed by atoms with E-state index in [0.717, 1.165) is 57.7 Å². The summed E-state index contributed by atoms with van der Waals surface area (Å²) in [5.41, 5.74) is 0.381. The number of alkyl halides is 3. The molecule has 2 aliphatic carbocycles. The molecule has 1 amide bonds. The summed E-state index contributed by atoms with van der Waals surface area (Å²) in [5.74, 6) is -1.61. The number of nitrogens with one attached hydrogen (secondary N) is 1. The minimum absolute atomic E-state index is 0.0364. The first-order valence-electron chi connectivity index (χ1n) is 13.7. The monoisotopic (exact) mass is 543 g/mol. The summed E-state index contributed by atoms with van der Waals surface area (Å²) in [5, 5.41) is 21.8. The molecule has 5 rings (SSSR count). The number of carbonyl (C=O) groups is 1.